The van der Waals surface area contributed by atoms with Crippen molar-refractivity contribution in [1.29, 1.82) is 0 Å². The molecule has 0 unspecified atom stereocenters. The van der Waals surface area contributed by atoms with E-state index < -0.39 is 0 Å². The molecule has 2 fully saturated rings. The van der Waals surface area contributed by atoms with Crippen molar-refractivity contribution in [3.63, 3.8) is 0 Å². The van der Waals surface area contributed by atoms with Gasteiger partial charge in [0.1, 0.15) is 6.29 Å². The van der Waals surface area contributed by atoms with Crippen molar-refractivity contribution in [2.75, 3.05) is 39.4 Å². The van der Waals surface area contributed by atoms with Crippen molar-refractivity contribution in [3.05, 3.63) is 0 Å². The summed E-state index contributed by atoms with van der Waals surface area (Å²) in [6, 6.07) is 0. The van der Waals surface area contributed by atoms with Crippen LogP contribution in [0.25, 0.3) is 0 Å². The number of rotatable bonds is 6. The maximum atomic E-state index is 11.8. The first-order valence-corrected chi connectivity index (χ1v) is 8.41. The van der Waals surface area contributed by atoms with E-state index in [1.807, 2.05) is 11.8 Å². The zero-order chi connectivity index (χ0) is 15.8. The van der Waals surface area contributed by atoms with E-state index in [-0.39, 0.29) is 24.9 Å². The van der Waals surface area contributed by atoms with Crippen molar-refractivity contribution in [1.82, 2.24) is 10.2 Å². The summed E-state index contributed by atoms with van der Waals surface area (Å²) in [5, 5.41) is 3.22. The van der Waals surface area contributed by atoms with Crippen LogP contribution in [0.15, 0.2) is 0 Å². The molecule has 2 aliphatic heterocycles. The molecule has 0 aromatic rings. The van der Waals surface area contributed by atoms with Gasteiger partial charge in [0, 0.05) is 51.7 Å². The minimum Gasteiger partial charge on any atom is -0.410 e. The smallest absolute Gasteiger partial charge is 0.410 e. The quantitative estimate of drug-likeness (QED) is 0.574. The highest BCUT2D eigenvalue weighted by Gasteiger charge is 2.34. The zero-order valence-corrected chi connectivity index (χ0v) is 13.5. The van der Waals surface area contributed by atoms with Gasteiger partial charge in [-0.1, -0.05) is 13.3 Å². The highest BCUT2D eigenvalue weighted by atomic mass is 16.6. The Labute approximate surface area is 133 Å². The monoisotopic (exact) mass is 310 g/mol. The number of likely N-dealkylation sites (tertiary alicyclic amines) is 1. The molecule has 0 spiro atoms. The predicted octanol–water partition coefficient (Wildman–Crippen LogP) is 0.575. The maximum absolute atomic E-state index is 11.8. The van der Waals surface area contributed by atoms with Crippen LogP contribution in [-0.2, 0) is 18.9 Å². The Morgan fingerprint density at radius 3 is 2.68 bits per heavy atom. The molecule has 22 heavy (non-hydrogen) atoms. The zero-order valence-electron chi connectivity index (χ0n) is 13.5. The molecule has 1 amide bonds. The van der Waals surface area contributed by atoms with Crippen molar-refractivity contribution in [3.8, 4) is 0 Å². The number of hydrogen-bond acceptors (Lipinski definition) is 5. The van der Waals surface area contributed by atoms with E-state index in [1.54, 1.807) is 0 Å². The number of amides is 1. The molecule has 0 aromatic carbocycles. The Kier molecular flexibility index (Phi) is 7.35. The molecule has 0 saturated carbocycles. The Balaban J connectivity index is 1.72. The number of nitrogens with one attached hydrogen (secondary N) is 1. The minimum atomic E-state index is -0.133. The summed E-state index contributed by atoms with van der Waals surface area (Å²) < 4.78 is 11.3. The molecule has 6 nitrogen and oxygen atoms in total. The Morgan fingerprint density at radius 1 is 1.32 bits per heavy atom. The topological polar surface area (TPSA) is 67.9 Å². The van der Waals surface area contributed by atoms with Crippen LogP contribution in [0.1, 0.15) is 26.2 Å². The van der Waals surface area contributed by atoms with E-state index in [0.717, 1.165) is 38.5 Å². The van der Waals surface area contributed by atoms with E-state index in [9.17, 15) is 9.59 Å². The summed E-state index contributed by atoms with van der Waals surface area (Å²) in [7, 11) is -0.133. The van der Waals surface area contributed by atoms with E-state index in [1.165, 1.54) is 0 Å². The summed E-state index contributed by atoms with van der Waals surface area (Å²) >= 11 is 0. The molecule has 2 rings (SSSR count). The van der Waals surface area contributed by atoms with Crippen LogP contribution in [0.3, 0.4) is 0 Å². The Hall–Kier alpha value is -0.915. The third-order valence-electron chi connectivity index (χ3n) is 4.50. The molecule has 0 bridgehead atoms. The largest absolute Gasteiger partial charge is 0.456 e. The summed E-state index contributed by atoms with van der Waals surface area (Å²) in [5.74, 6) is 0.413. The van der Waals surface area contributed by atoms with Crippen LogP contribution in [-0.4, -0.2) is 63.6 Å². The van der Waals surface area contributed by atoms with Crippen molar-refractivity contribution in [2.45, 2.75) is 32.5 Å². The molecule has 0 aromatic heterocycles. The van der Waals surface area contributed by atoms with Crippen LogP contribution in [0.2, 0.25) is 6.32 Å². The normalized spacial score (nSPS) is 26.6. The lowest BCUT2D eigenvalue weighted by Gasteiger charge is -2.19. The van der Waals surface area contributed by atoms with E-state index >= 15 is 0 Å². The lowest BCUT2D eigenvalue weighted by Crippen LogP contribution is -2.35. The lowest BCUT2D eigenvalue weighted by atomic mass is 9.79. The van der Waals surface area contributed by atoms with Gasteiger partial charge >= 0.3 is 7.12 Å². The number of hydrogen-bond donors (Lipinski definition) is 1. The van der Waals surface area contributed by atoms with Crippen molar-refractivity contribution >= 4 is 19.3 Å². The van der Waals surface area contributed by atoms with Crippen LogP contribution < -0.4 is 5.32 Å². The molecule has 124 valence electrons. The Morgan fingerprint density at radius 2 is 2.05 bits per heavy atom. The third kappa shape index (κ3) is 5.07. The Bertz CT molecular complexity index is 361. The molecule has 7 heteroatoms. The summed E-state index contributed by atoms with van der Waals surface area (Å²) in [5.41, 5.74) is 0. The first kappa shape index (κ1) is 17.4. The highest BCUT2D eigenvalue weighted by Crippen LogP contribution is 2.27. The number of carbonyl (C=O) groups excluding carboxylic acids is 2. The fourth-order valence-corrected chi connectivity index (χ4v) is 3.19. The van der Waals surface area contributed by atoms with E-state index in [4.69, 9.17) is 9.31 Å². The summed E-state index contributed by atoms with van der Waals surface area (Å²) in [4.78, 5) is 24.8. The van der Waals surface area contributed by atoms with Crippen molar-refractivity contribution in [2.24, 2.45) is 11.8 Å². The van der Waals surface area contributed by atoms with Gasteiger partial charge in [0.25, 0.3) is 0 Å². The lowest BCUT2D eigenvalue weighted by molar-refractivity contribution is -0.130. The minimum absolute atomic E-state index is 0.0149. The molecular formula is C15H27BN2O4. The molecule has 1 N–H and O–H groups in total. The average Bonchev–Trinajstić information content (AvgIpc) is 2.91. The number of nitrogens with zero attached hydrogens (tertiary/aromatic N) is 1. The maximum Gasteiger partial charge on any atom is 0.456 e. The molecule has 2 aliphatic rings. The van der Waals surface area contributed by atoms with Gasteiger partial charge in [-0.15, -0.1) is 0 Å². The molecule has 2 atom stereocenters. The van der Waals surface area contributed by atoms with Crippen LogP contribution in [0, 0.1) is 11.8 Å². The van der Waals surface area contributed by atoms with Crippen LogP contribution in [0.5, 0.6) is 0 Å². The first-order chi connectivity index (χ1) is 10.7. The molecular weight excluding hydrogens is 283 g/mol. The van der Waals surface area contributed by atoms with Gasteiger partial charge in [-0.25, -0.2) is 0 Å². The van der Waals surface area contributed by atoms with Gasteiger partial charge in [-0.05, 0) is 18.7 Å². The van der Waals surface area contributed by atoms with Gasteiger partial charge in [0.2, 0.25) is 5.91 Å². The average molecular weight is 310 g/mol. The van der Waals surface area contributed by atoms with Gasteiger partial charge in [-0.2, -0.15) is 0 Å². The first-order valence-electron chi connectivity index (χ1n) is 8.41. The fourth-order valence-electron chi connectivity index (χ4n) is 3.19. The molecule has 0 aliphatic carbocycles. The summed E-state index contributed by atoms with van der Waals surface area (Å²) in [6.07, 6.45) is 4.28. The highest BCUT2D eigenvalue weighted by molar-refractivity contribution is 6.44. The fraction of sp³-hybridized carbons (Fsp3) is 0.867. The second-order valence-corrected chi connectivity index (χ2v) is 6.06. The van der Waals surface area contributed by atoms with Gasteiger partial charge in [0.15, 0.2) is 0 Å². The van der Waals surface area contributed by atoms with Crippen LogP contribution in [0.4, 0.5) is 0 Å². The van der Waals surface area contributed by atoms with Gasteiger partial charge in [-0.3, -0.25) is 4.79 Å². The number of aldehydes is 1. The van der Waals surface area contributed by atoms with E-state index in [0.29, 0.717) is 32.7 Å². The molecule has 0 radical (unpaired) electrons. The predicted molar refractivity (Wildman–Crippen MR) is 84.5 cm³/mol. The summed E-state index contributed by atoms with van der Waals surface area (Å²) in [6.45, 7) is 6.24. The van der Waals surface area contributed by atoms with Gasteiger partial charge in [0.05, 0.1) is 0 Å². The van der Waals surface area contributed by atoms with E-state index in [2.05, 4.69) is 5.32 Å². The third-order valence-corrected chi connectivity index (χ3v) is 4.50. The van der Waals surface area contributed by atoms with Crippen LogP contribution >= 0.6 is 0 Å². The molecule has 2 saturated heterocycles. The van der Waals surface area contributed by atoms with Crippen molar-refractivity contribution < 1.29 is 18.9 Å². The standard InChI is InChI=1S/C15H27BN2O4/c1-2-15(20)18-10-13(14(11-18)12-19)4-3-5-16-21-8-6-17-7-9-22-16/h12-14,17H,2-11H2,1H3/t13-,14-/m0/s1. The second kappa shape index (κ2) is 9.27. The second-order valence-electron chi connectivity index (χ2n) is 6.06. The number of carbonyl (C=O) groups is 2. The van der Waals surface area contributed by atoms with Gasteiger partial charge < -0.3 is 24.3 Å². The molecule has 2 heterocycles. The SMILES string of the molecule is CCC(=O)N1C[C@H](CCCB2OCCNCCO2)[C@H](C=O)C1.